The van der Waals surface area contributed by atoms with Gasteiger partial charge in [0.15, 0.2) is 5.60 Å². The number of aliphatic hydroxyl groups is 1. The number of phenolic OH excluding ortho intramolecular Hbond substituents is 1. The van der Waals surface area contributed by atoms with Gasteiger partial charge in [0.1, 0.15) is 11.6 Å². The minimum atomic E-state index is -4.91. The molecule has 1 unspecified atom stereocenters. The normalized spacial score (nSPS) is 16.2. The van der Waals surface area contributed by atoms with Gasteiger partial charge >= 0.3 is 6.18 Å². The predicted molar refractivity (Wildman–Crippen MR) is 62.1 cm³/mol. The molecule has 19 heavy (non-hydrogen) atoms. The molecule has 0 aliphatic heterocycles. The van der Waals surface area contributed by atoms with Crippen LogP contribution in [0.5, 0.6) is 5.75 Å². The quantitative estimate of drug-likeness (QED) is 0.833. The molecule has 0 aromatic heterocycles. The van der Waals surface area contributed by atoms with E-state index in [1.54, 1.807) is 0 Å². The van der Waals surface area contributed by atoms with Crippen LogP contribution in [-0.2, 0) is 5.41 Å². The summed E-state index contributed by atoms with van der Waals surface area (Å²) in [6.45, 7) is 5.49. The number of phenols is 1. The van der Waals surface area contributed by atoms with Crippen molar-refractivity contribution in [3.05, 3.63) is 36.5 Å². The molecule has 2 nitrogen and oxygen atoms in total. The van der Waals surface area contributed by atoms with E-state index in [2.05, 4.69) is 6.92 Å². The van der Waals surface area contributed by atoms with Crippen LogP contribution in [0.3, 0.4) is 0 Å². The number of halogens is 4. The molecule has 0 fully saturated rings. The number of aromatic hydroxyl groups is 1. The van der Waals surface area contributed by atoms with Crippen LogP contribution in [0.1, 0.15) is 25.8 Å². The standard InChI is InChI=1S/C13H15F4O2/c1-11(2,7-12(3,19)13(15,16)17)9-6-8(14)4-5-10(9)18/h4-6,18-19H,3,7H2,1-2H3. The molecule has 1 rings (SSSR count). The lowest BCUT2D eigenvalue weighted by Crippen LogP contribution is -2.46. The van der Waals surface area contributed by atoms with E-state index in [-0.39, 0.29) is 11.3 Å². The highest BCUT2D eigenvalue weighted by Crippen LogP contribution is 2.42. The van der Waals surface area contributed by atoms with Gasteiger partial charge in [-0.3, -0.25) is 0 Å². The molecule has 0 heterocycles. The Labute approximate surface area is 108 Å². The van der Waals surface area contributed by atoms with E-state index in [0.29, 0.717) is 0 Å². The number of rotatable bonds is 3. The van der Waals surface area contributed by atoms with Crippen LogP contribution in [0, 0.1) is 12.7 Å². The maximum Gasteiger partial charge on any atom is 0.417 e. The lowest BCUT2D eigenvalue weighted by atomic mass is 9.75. The molecule has 0 bridgehead atoms. The van der Waals surface area contributed by atoms with Crippen LogP contribution in [0.25, 0.3) is 0 Å². The van der Waals surface area contributed by atoms with Gasteiger partial charge in [-0.25, -0.2) is 4.39 Å². The lowest BCUT2D eigenvalue weighted by Gasteiger charge is -2.35. The SMILES string of the molecule is [CH2]C(O)(CC(C)(C)c1cc(F)ccc1O)C(F)(F)F. The monoisotopic (exact) mass is 279 g/mol. The van der Waals surface area contributed by atoms with Crippen LogP contribution in [-0.4, -0.2) is 22.0 Å². The van der Waals surface area contributed by atoms with E-state index < -0.39 is 29.4 Å². The topological polar surface area (TPSA) is 40.5 Å². The summed E-state index contributed by atoms with van der Waals surface area (Å²) in [5.74, 6) is -1.01. The molecule has 0 aliphatic carbocycles. The fraction of sp³-hybridized carbons (Fsp3) is 0.462. The fourth-order valence-electron chi connectivity index (χ4n) is 1.98. The first-order chi connectivity index (χ1) is 8.37. The van der Waals surface area contributed by atoms with Gasteiger partial charge in [-0.15, -0.1) is 0 Å². The van der Waals surface area contributed by atoms with Crippen molar-refractivity contribution >= 4 is 0 Å². The van der Waals surface area contributed by atoms with Crippen molar-refractivity contribution in [2.24, 2.45) is 0 Å². The molecule has 2 N–H and O–H groups in total. The van der Waals surface area contributed by atoms with E-state index in [1.807, 2.05) is 0 Å². The molecular formula is C13H15F4O2. The van der Waals surface area contributed by atoms with Gasteiger partial charge in [0.25, 0.3) is 0 Å². The van der Waals surface area contributed by atoms with E-state index in [1.165, 1.54) is 13.8 Å². The minimum Gasteiger partial charge on any atom is -0.508 e. The summed E-state index contributed by atoms with van der Waals surface area (Å²) in [5.41, 5.74) is -4.49. The zero-order chi connectivity index (χ0) is 15.1. The predicted octanol–water partition coefficient (Wildman–Crippen LogP) is 3.33. The van der Waals surface area contributed by atoms with Gasteiger partial charge in [-0.2, -0.15) is 13.2 Å². The summed E-state index contributed by atoms with van der Waals surface area (Å²) < 4.78 is 51.0. The summed E-state index contributed by atoms with van der Waals surface area (Å²) in [6, 6.07) is 3.00. The van der Waals surface area contributed by atoms with Crippen molar-refractivity contribution in [3.8, 4) is 5.75 Å². The van der Waals surface area contributed by atoms with Crippen LogP contribution < -0.4 is 0 Å². The van der Waals surface area contributed by atoms with Crippen molar-refractivity contribution in [1.82, 2.24) is 0 Å². The minimum absolute atomic E-state index is 0.0150. The molecule has 0 saturated heterocycles. The van der Waals surface area contributed by atoms with Gasteiger partial charge in [0.05, 0.1) is 0 Å². The van der Waals surface area contributed by atoms with Gasteiger partial charge in [0, 0.05) is 5.56 Å². The second kappa shape index (κ2) is 4.67. The zero-order valence-electron chi connectivity index (χ0n) is 10.6. The van der Waals surface area contributed by atoms with Crippen molar-refractivity contribution in [2.45, 2.75) is 37.5 Å². The average molecular weight is 279 g/mol. The van der Waals surface area contributed by atoms with E-state index in [0.717, 1.165) is 18.2 Å². The Morgan fingerprint density at radius 3 is 2.21 bits per heavy atom. The Morgan fingerprint density at radius 2 is 1.74 bits per heavy atom. The largest absolute Gasteiger partial charge is 0.508 e. The second-order valence-electron chi connectivity index (χ2n) is 5.25. The summed E-state index contributed by atoms with van der Waals surface area (Å²) >= 11 is 0. The van der Waals surface area contributed by atoms with Crippen LogP contribution >= 0.6 is 0 Å². The second-order valence-corrected chi connectivity index (χ2v) is 5.25. The number of hydrogen-bond donors (Lipinski definition) is 2. The molecule has 1 aromatic rings. The molecule has 0 aliphatic rings. The number of benzene rings is 1. The van der Waals surface area contributed by atoms with Gasteiger partial charge < -0.3 is 10.2 Å². The first kappa shape index (κ1) is 15.8. The van der Waals surface area contributed by atoms with E-state index in [9.17, 15) is 27.8 Å². The first-order valence-electron chi connectivity index (χ1n) is 5.50. The summed E-state index contributed by atoms with van der Waals surface area (Å²) in [6.07, 6.45) is -5.71. The molecule has 107 valence electrons. The number of hydrogen-bond acceptors (Lipinski definition) is 2. The average Bonchev–Trinajstić information content (AvgIpc) is 2.18. The Kier molecular flexibility index (Phi) is 3.87. The third-order valence-electron chi connectivity index (χ3n) is 2.95. The van der Waals surface area contributed by atoms with Gasteiger partial charge in [-0.1, -0.05) is 13.8 Å². The smallest absolute Gasteiger partial charge is 0.417 e. The Balaban J connectivity index is 3.15. The Bertz CT molecular complexity index is 464. The highest BCUT2D eigenvalue weighted by atomic mass is 19.4. The van der Waals surface area contributed by atoms with Gasteiger partial charge in [-0.05, 0) is 37.0 Å². The molecule has 0 spiro atoms. The van der Waals surface area contributed by atoms with Crippen molar-refractivity contribution in [3.63, 3.8) is 0 Å². The summed E-state index contributed by atoms with van der Waals surface area (Å²) in [7, 11) is 0. The van der Waals surface area contributed by atoms with Crippen LogP contribution in [0.15, 0.2) is 18.2 Å². The third-order valence-corrected chi connectivity index (χ3v) is 2.95. The van der Waals surface area contributed by atoms with E-state index in [4.69, 9.17) is 0 Å². The maximum atomic E-state index is 13.1. The molecular weight excluding hydrogens is 264 g/mol. The van der Waals surface area contributed by atoms with Crippen molar-refractivity contribution < 1.29 is 27.8 Å². The molecule has 1 atom stereocenters. The number of alkyl halides is 3. The molecule has 1 radical (unpaired) electrons. The van der Waals surface area contributed by atoms with Crippen LogP contribution in [0.2, 0.25) is 0 Å². The molecule has 0 saturated carbocycles. The molecule has 6 heteroatoms. The maximum absolute atomic E-state index is 13.1. The molecule has 0 amide bonds. The van der Waals surface area contributed by atoms with Crippen molar-refractivity contribution in [2.75, 3.05) is 0 Å². The highest BCUT2D eigenvalue weighted by molar-refractivity contribution is 5.38. The van der Waals surface area contributed by atoms with E-state index >= 15 is 0 Å². The van der Waals surface area contributed by atoms with Crippen molar-refractivity contribution in [1.29, 1.82) is 0 Å². The Hall–Kier alpha value is -1.30. The highest BCUT2D eigenvalue weighted by Gasteiger charge is 2.52. The first-order valence-corrected chi connectivity index (χ1v) is 5.50. The summed E-state index contributed by atoms with van der Waals surface area (Å²) in [4.78, 5) is 0. The molecule has 1 aromatic carbocycles. The Morgan fingerprint density at radius 1 is 1.21 bits per heavy atom. The lowest BCUT2D eigenvalue weighted by molar-refractivity contribution is -0.247. The zero-order valence-corrected chi connectivity index (χ0v) is 10.6. The summed E-state index contributed by atoms with van der Waals surface area (Å²) in [5, 5.41) is 19.0. The van der Waals surface area contributed by atoms with Crippen LogP contribution in [0.4, 0.5) is 17.6 Å². The van der Waals surface area contributed by atoms with Gasteiger partial charge in [0.2, 0.25) is 0 Å². The third kappa shape index (κ3) is 3.37. The fourth-order valence-corrected chi connectivity index (χ4v) is 1.98.